The second-order valence-electron chi connectivity index (χ2n) is 5.10. The Bertz CT molecular complexity index is 675. The van der Waals surface area contributed by atoms with Crippen LogP contribution in [0.1, 0.15) is 35.3 Å². The normalized spacial score (nSPS) is 10.3. The molecule has 0 aromatic heterocycles. The summed E-state index contributed by atoms with van der Waals surface area (Å²) in [5, 5.41) is 0. The maximum Gasteiger partial charge on any atom is 0.341 e. The van der Waals surface area contributed by atoms with Crippen LogP contribution in [-0.2, 0) is 17.6 Å². The van der Waals surface area contributed by atoms with Gasteiger partial charge in [0, 0.05) is 0 Å². The molecule has 0 heterocycles. The van der Waals surface area contributed by atoms with Crippen molar-refractivity contribution in [2.45, 2.75) is 26.7 Å². The Balaban J connectivity index is 2.46. The Kier molecular flexibility index (Phi) is 5.63. The van der Waals surface area contributed by atoms with Crippen LogP contribution < -0.4 is 9.47 Å². The van der Waals surface area contributed by atoms with Gasteiger partial charge in [-0.25, -0.2) is 4.79 Å². The van der Waals surface area contributed by atoms with Crippen LogP contribution in [0.4, 0.5) is 0 Å². The third kappa shape index (κ3) is 3.83. The molecule has 2 aromatic carbocycles. The van der Waals surface area contributed by atoms with Crippen LogP contribution in [0.3, 0.4) is 0 Å². The average molecular weight is 314 g/mol. The van der Waals surface area contributed by atoms with Crippen molar-refractivity contribution in [2.75, 3.05) is 14.2 Å². The number of hydrogen-bond acceptors (Lipinski definition) is 4. The van der Waals surface area contributed by atoms with Crippen LogP contribution in [0, 0.1) is 0 Å². The summed E-state index contributed by atoms with van der Waals surface area (Å²) in [6, 6.07) is 11.2. The lowest BCUT2D eigenvalue weighted by atomic mass is 9.99. The first kappa shape index (κ1) is 16.9. The minimum Gasteiger partial charge on any atom is -0.497 e. The largest absolute Gasteiger partial charge is 0.497 e. The molecule has 0 aliphatic heterocycles. The Morgan fingerprint density at radius 2 is 1.61 bits per heavy atom. The number of esters is 1. The fraction of sp³-hybridized carbons (Fsp3) is 0.316. The molecular weight excluding hydrogens is 292 g/mol. The van der Waals surface area contributed by atoms with Gasteiger partial charge in [0.1, 0.15) is 22.8 Å². The number of carbonyl (C=O) groups excluding carboxylic acids is 1. The maximum atomic E-state index is 12.2. The molecule has 0 fully saturated rings. The van der Waals surface area contributed by atoms with E-state index in [1.54, 1.807) is 7.11 Å². The van der Waals surface area contributed by atoms with E-state index in [2.05, 4.69) is 6.92 Å². The number of benzene rings is 2. The standard InChI is InChI=1S/C19H22O4/c1-5-13-11-14(6-2)18(19(20)22-4)17(12-13)23-16-9-7-15(21-3)8-10-16/h7-12H,5-6H2,1-4H3. The van der Waals surface area contributed by atoms with Crippen LogP contribution in [0.15, 0.2) is 36.4 Å². The first-order valence-electron chi connectivity index (χ1n) is 7.68. The third-order valence-electron chi connectivity index (χ3n) is 3.71. The Labute approximate surface area is 137 Å². The van der Waals surface area contributed by atoms with E-state index in [9.17, 15) is 4.79 Å². The van der Waals surface area contributed by atoms with Gasteiger partial charge in [-0.1, -0.05) is 19.9 Å². The molecule has 0 aliphatic rings. The summed E-state index contributed by atoms with van der Waals surface area (Å²) < 4.78 is 16.0. The van der Waals surface area contributed by atoms with Gasteiger partial charge in [-0.2, -0.15) is 0 Å². The fourth-order valence-corrected chi connectivity index (χ4v) is 2.40. The molecule has 4 nitrogen and oxygen atoms in total. The molecule has 4 heteroatoms. The number of methoxy groups -OCH3 is 2. The average Bonchev–Trinajstić information content (AvgIpc) is 2.60. The smallest absolute Gasteiger partial charge is 0.341 e. The van der Waals surface area contributed by atoms with Crippen molar-refractivity contribution >= 4 is 5.97 Å². The summed E-state index contributed by atoms with van der Waals surface area (Å²) in [5.74, 6) is 1.54. The molecule has 0 radical (unpaired) electrons. The van der Waals surface area contributed by atoms with E-state index in [1.165, 1.54) is 7.11 Å². The van der Waals surface area contributed by atoms with E-state index >= 15 is 0 Å². The van der Waals surface area contributed by atoms with E-state index in [1.807, 2.05) is 43.3 Å². The summed E-state index contributed by atoms with van der Waals surface area (Å²) in [4.78, 5) is 12.2. The second-order valence-corrected chi connectivity index (χ2v) is 5.10. The van der Waals surface area contributed by atoms with Crippen LogP contribution in [0.2, 0.25) is 0 Å². The Hall–Kier alpha value is -2.49. The SMILES string of the molecule is CCc1cc(CC)c(C(=O)OC)c(Oc2ccc(OC)cc2)c1. The lowest BCUT2D eigenvalue weighted by molar-refractivity contribution is 0.0596. The zero-order chi connectivity index (χ0) is 16.8. The lowest BCUT2D eigenvalue weighted by Gasteiger charge is -2.15. The quantitative estimate of drug-likeness (QED) is 0.741. The van der Waals surface area contributed by atoms with E-state index in [4.69, 9.17) is 14.2 Å². The summed E-state index contributed by atoms with van der Waals surface area (Å²) in [6.45, 7) is 4.09. The van der Waals surface area contributed by atoms with Crippen LogP contribution in [0.5, 0.6) is 17.2 Å². The molecule has 0 atom stereocenters. The van der Waals surface area contributed by atoms with Crippen molar-refractivity contribution in [1.29, 1.82) is 0 Å². The fourth-order valence-electron chi connectivity index (χ4n) is 2.40. The summed E-state index contributed by atoms with van der Waals surface area (Å²) in [5.41, 5.74) is 2.54. The van der Waals surface area contributed by atoms with Gasteiger partial charge < -0.3 is 14.2 Å². The highest BCUT2D eigenvalue weighted by Gasteiger charge is 2.19. The van der Waals surface area contributed by atoms with Crippen molar-refractivity contribution in [3.8, 4) is 17.2 Å². The molecule has 0 spiro atoms. The molecule has 2 aromatic rings. The summed E-state index contributed by atoms with van der Waals surface area (Å²) in [6.07, 6.45) is 1.60. The van der Waals surface area contributed by atoms with Gasteiger partial charge in [0.15, 0.2) is 0 Å². The molecule has 2 rings (SSSR count). The lowest BCUT2D eigenvalue weighted by Crippen LogP contribution is -2.08. The summed E-state index contributed by atoms with van der Waals surface area (Å²) >= 11 is 0. The van der Waals surface area contributed by atoms with Gasteiger partial charge in [0.05, 0.1) is 14.2 Å². The topological polar surface area (TPSA) is 44.8 Å². The highest BCUT2D eigenvalue weighted by Crippen LogP contribution is 2.31. The first-order chi connectivity index (χ1) is 11.1. The number of ether oxygens (including phenoxy) is 3. The molecular formula is C19H22O4. The van der Waals surface area contributed by atoms with Gasteiger partial charge >= 0.3 is 5.97 Å². The molecule has 23 heavy (non-hydrogen) atoms. The van der Waals surface area contributed by atoms with Gasteiger partial charge in [-0.05, 0) is 54.3 Å². The van der Waals surface area contributed by atoms with Crippen LogP contribution in [0.25, 0.3) is 0 Å². The van der Waals surface area contributed by atoms with Gasteiger partial charge in [0.25, 0.3) is 0 Å². The molecule has 0 saturated heterocycles. The minimum absolute atomic E-state index is 0.381. The molecule has 0 bridgehead atoms. The van der Waals surface area contributed by atoms with Gasteiger partial charge in [-0.15, -0.1) is 0 Å². The van der Waals surface area contributed by atoms with Gasteiger partial charge in [0.2, 0.25) is 0 Å². The van der Waals surface area contributed by atoms with Crippen molar-refractivity contribution in [2.24, 2.45) is 0 Å². The molecule has 0 N–H and O–H groups in total. The number of rotatable bonds is 6. The predicted octanol–water partition coefficient (Wildman–Crippen LogP) is 4.40. The molecule has 0 saturated carbocycles. The van der Waals surface area contributed by atoms with Crippen molar-refractivity contribution in [1.82, 2.24) is 0 Å². The van der Waals surface area contributed by atoms with E-state index in [0.717, 1.165) is 29.7 Å². The van der Waals surface area contributed by atoms with Crippen molar-refractivity contribution in [3.63, 3.8) is 0 Å². The Morgan fingerprint density at radius 3 is 2.13 bits per heavy atom. The Morgan fingerprint density at radius 1 is 0.957 bits per heavy atom. The van der Waals surface area contributed by atoms with Gasteiger partial charge in [-0.3, -0.25) is 0 Å². The van der Waals surface area contributed by atoms with Crippen molar-refractivity contribution < 1.29 is 19.0 Å². The molecule has 0 amide bonds. The first-order valence-corrected chi connectivity index (χ1v) is 7.68. The molecule has 0 unspecified atom stereocenters. The zero-order valence-corrected chi connectivity index (χ0v) is 14.0. The third-order valence-corrected chi connectivity index (χ3v) is 3.71. The monoisotopic (exact) mass is 314 g/mol. The maximum absolute atomic E-state index is 12.2. The molecule has 0 aliphatic carbocycles. The zero-order valence-electron chi connectivity index (χ0n) is 14.0. The summed E-state index contributed by atoms with van der Waals surface area (Å²) in [7, 11) is 3.00. The minimum atomic E-state index is -0.381. The number of hydrogen-bond donors (Lipinski definition) is 0. The van der Waals surface area contributed by atoms with E-state index in [0.29, 0.717) is 17.1 Å². The highest BCUT2D eigenvalue weighted by molar-refractivity contribution is 5.94. The predicted molar refractivity (Wildman–Crippen MR) is 89.6 cm³/mol. The number of aryl methyl sites for hydroxylation is 2. The molecule has 122 valence electrons. The van der Waals surface area contributed by atoms with Crippen LogP contribution in [-0.4, -0.2) is 20.2 Å². The van der Waals surface area contributed by atoms with E-state index < -0.39 is 0 Å². The van der Waals surface area contributed by atoms with Crippen molar-refractivity contribution in [3.05, 3.63) is 53.1 Å². The number of carbonyl (C=O) groups is 1. The second kappa shape index (κ2) is 7.68. The van der Waals surface area contributed by atoms with Crippen LogP contribution >= 0.6 is 0 Å². The highest BCUT2D eigenvalue weighted by atomic mass is 16.5. The van der Waals surface area contributed by atoms with E-state index in [-0.39, 0.29) is 5.97 Å².